The van der Waals surface area contributed by atoms with Crippen LogP contribution in [0.15, 0.2) is 34.9 Å². The first-order valence-electron chi connectivity index (χ1n) is 5.41. The van der Waals surface area contributed by atoms with Gasteiger partial charge in [-0.1, -0.05) is 6.92 Å². The minimum absolute atomic E-state index is 0.143. The normalized spacial score (nSPS) is 10.5. The minimum Gasteiger partial charge on any atom is -0.293 e. The topological polar surface area (TPSA) is 30.0 Å². The van der Waals surface area contributed by atoms with Crippen LogP contribution < -0.4 is 0 Å². The molecule has 2 heterocycles. The quantitative estimate of drug-likeness (QED) is 0.802. The van der Waals surface area contributed by atoms with Crippen molar-refractivity contribution in [1.29, 1.82) is 0 Å². The van der Waals surface area contributed by atoms with Crippen LogP contribution in [-0.4, -0.2) is 10.8 Å². The maximum Gasteiger partial charge on any atom is 0.178 e. The predicted octanol–water partition coefficient (Wildman–Crippen LogP) is 3.89. The molecule has 0 spiro atoms. The third kappa shape index (κ3) is 3.23. The molecule has 4 heteroatoms. The van der Waals surface area contributed by atoms with Crippen LogP contribution in [0.2, 0.25) is 0 Å². The Morgan fingerprint density at radius 2 is 2.18 bits per heavy atom. The number of halogens is 1. The van der Waals surface area contributed by atoms with Crippen molar-refractivity contribution in [1.82, 2.24) is 4.98 Å². The average molecular weight is 310 g/mol. The standard InChI is InChI=1S/C13H12BrNOS/c1-2-11-5-6-13(17-11)12(16)7-10-4-3-9(14)8-15-10/h3-6,8H,2,7H2,1H3. The van der Waals surface area contributed by atoms with E-state index in [1.165, 1.54) is 4.88 Å². The van der Waals surface area contributed by atoms with E-state index in [2.05, 4.69) is 27.8 Å². The van der Waals surface area contributed by atoms with Crippen molar-refractivity contribution in [2.45, 2.75) is 19.8 Å². The number of thiophene rings is 1. The molecule has 2 rings (SSSR count). The van der Waals surface area contributed by atoms with Crippen molar-refractivity contribution in [3.63, 3.8) is 0 Å². The molecule has 0 aliphatic rings. The van der Waals surface area contributed by atoms with Crippen LogP contribution in [0.1, 0.15) is 27.2 Å². The molecule has 0 bridgehead atoms. The molecule has 0 saturated heterocycles. The number of hydrogen-bond donors (Lipinski definition) is 0. The van der Waals surface area contributed by atoms with E-state index in [-0.39, 0.29) is 5.78 Å². The van der Waals surface area contributed by atoms with Crippen LogP contribution in [0.5, 0.6) is 0 Å². The summed E-state index contributed by atoms with van der Waals surface area (Å²) < 4.78 is 0.929. The summed E-state index contributed by atoms with van der Waals surface area (Å²) in [5, 5.41) is 0. The van der Waals surface area contributed by atoms with E-state index in [9.17, 15) is 4.79 Å². The van der Waals surface area contributed by atoms with Crippen molar-refractivity contribution >= 4 is 33.0 Å². The molecule has 2 nitrogen and oxygen atoms in total. The number of aryl methyl sites for hydroxylation is 1. The molecule has 0 aliphatic carbocycles. The number of Topliss-reactive ketones (excluding diaryl/α,β-unsaturated/α-hetero) is 1. The van der Waals surface area contributed by atoms with Gasteiger partial charge in [0.1, 0.15) is 0 Å². The van der Waals surface area contributed by atoms with Crippen LogP contribution >= 0.6 is 27.3 Å². The molecule has 0 N–H and O–H groups in total. The highest BCUT2D eigenvalue weighted by molar-refractivity contribution is 9.10. The largest absolute Gasteiger partial charge is 0.293 e. The number of rotatable bonds is 4. The summed E-state index contributed by atoms with van der Waals surface area (Å²) in [5.41, 5.74) is 0.810. The molecule has 0 atom stereocenters. The van der Waals surface area contributed by atoms with E-state index in [0.717, 1.165) is 21.5 Å². The van der Waals surface area contributed by atoms with Gasteiger partial charge in [0.15, 0.2) is 5.78 Å². The van der Waals surface area contributed by atoms with Crippen molar-refractivity contribution in [3.8, 4) is 0 Å². The molecule has 0 amide bonds. The molecule has 2 aromatic rings. The number of pyridine rings is 1. The van der Waals surface area contributed by atoms with Gasteiger partial charge in [0, 0.05) is 21.2 Å². The minimum atomic E-state index is 0.143. The Morgan fingerprint density at radius 3 is 2.76 bits per heavy atom. The van der Waals surface area contributed by atoms with Crippen LogP contribution in [0.4, 0.5) is 0 Å². The highest BCUT2D eigenvalue weighted by Gasteiger charge is 2.10. The molecule has 17 heavy (non-hydrogen) atoms. The zero-order valence-electron chi connectivity index (χ0n) is 9.44. The zero-order valence-corrected chi connectivity index (χ0v) is 11.8. The first-order valence-corrected chi connectivity index (χ1v) is 7.02. The fourth-order valence-corrected chi connectivity index (χ4v) is 2.60. The summed E-state index contributed by atoms with van der Waals surface area (Å²) in [5.74, 6) is 0.143. The van der Waals surface area contributed by atoms with Crippen molar-refractivity contribution in [2.75, 3.05) is 0 Å². The van der Waals surface area contributed by atoms with Crippen molar-refractivity contribution in [2.24, 2.45) is 0 Å². The highest BCUT2D eigenvalue weighted by atomic mass is 79.9. The molecule has 0 fully saturated rings. The predicted molar refractivity (Wildman–Crippen MR) is 73.7 cm³/mol. The summed E-state index contributed by atoms with van der Waals surface area (Å²) in [7, 11) is 0. The lowest BCUT2D eigenvalue weighted by Gasteiger charge is -1.98. The van der Waals surface area contributed by atoms with Crippen LogP contribution in [0.25, 0.3) is 0 Å². The lowest BCUT2D eigenvalue weighted by Crippen LogP contribution is -2.02. The summed E-state index contributed by atoms with van der Waals surface area (Å²) in [6, 6.07) is 7.70. The summed E-state index contributed by atoms with van der Waals surface area (Å²) in [6.45, 7) is 2.09. The lowest BCUT2D eigenvalue weighted by molar-refractivity contribution is 0.0996. The Morgan fingerprint density at radius 1 is 1.35 bits per heavy atom. The summed E-state index contributed by atoms with van der Waals surface area (Å²) in [4.78, 5) is 18.3. The molecule has 0 aliphatic heterocycles. The van der Waals surface area contributed by atoms with Gasteiger partial charge in [0.05, 0.1) is 11.3 Å². The van der Waals surface area contributed by atoms with Gasteiger partial charge in [-0.25, -0.2) is 0 Å². The molecule has 0 aromatic carbocycles. The highest BCUT2D eigenvalue weighted by Crippen LogP contribution is 2.19. The van der Waals surface area contributed by atoms with Crippen molar-refractivity contribution < 1.29 is 4.79 Å². The average Bonchev–Trinajstić information content (AvgIpc) is 2.81. The first-order chi connectivity index (χ1) is 8.19. The Labute approximate surface area is 113 Å². The van der Waals surface area contributed by atoms with Gasteiger partial charge in [0.2, 0.25) is 0 Å². The second-order valence-electron chi connectivity index (χ2n) is 3.69. The summed E-state index contributed by atoms with van der Waals surface area (Å²) >= 11 is 4.90. The molecular weight excluding hydrogens is 298 g/mol. The second-order valence-corrected chi connectivity index (χ2v) is 5.77. The van der Waals surface area contributed by atoms with Gasteiger partial charge in [-0.2, -0.15) is 0 Å². The van der Waals surface area contributed by atoms with Crippen LogP contribution in [-0.2, 0) is 12.8 Å². The van der Waals surface area contributed by atoms with Gasteiger partial charge in [0.25, 0.3) is 0 Å². The van der Waals surface area contributed by atoms with Crippen LogP contribution in [0, 0.1) is 0 Å². The number of carbonyl (C=O) groups is 1. The maximum atomic E-state index is 12.0. The van der Waals surface area contributed by atoms with E-state index >= 15 is 0 Å². The molecule has 88 valence electrons. The fourth-order valence-electron chi connectivity index (χ4n) is 1.48. The van der Waals surface area contributed by atoms with E-state index in [1.54, 1.807) is 17.5 Å². The number of hydrogen-bond acceptors (Lipinski definition) is 3. The smallest absolute Gasteiger partial charge is 0.178 e. The first kappa shape index (κ1) is 12.5. The SMILES string of the molecule is CCc1ccc(C(=O)Cc2ccc(Br)cn2)s1. The monoisotopic (exact) mass is 309 g/mol. The second kappa shape index (κ2) is 5.56. The number of carbonyl (C=O) groups excluding carboxylic acids is 1. The Kier molecular flexibility index (Phi) is 4.07. The fraction of sp³-hybridized carbons (Fsp3) is 0.231. The van der Waals surface area contributed by atoms with Gasteiger partial charge in [-0.3, -0.25) is 9.78 Å². The van der Waals surface area contributed by atoms with Gasteiger partial charge < -0.3 is 0 Å². The number of nitrogens with zero attached hydrogens (tertiary/aromatic N) is 1. The van der Waals surface area contributed by atoms with Gasteiger partial charge in [-0.15, -0.1) is 11.3 Å². The van der Waals surface area contributed by atoms with Crippen LogP contribution in [0.3, 0.4) is 0 Å². The Balaban J connectivity index is 2.08. The summed E-state index contributed by atoms with van der Waals surface area (Å²) in [6.07, 6.45) is 3.07. The molecular formula is C13H12BrNOS. The molecule has 0 saturated carbocycles. The molecule has 2 aromatic heterocycles. The third-order valence-electron chi connectivity index (χ3n) is 2.42. The molecule has 0 radical (unpaired) electrons. The Hall–Kier alpha value is -1.00. The number of aromatic nitrogens is 1. The van der Waals surface area contributed by atoms with Gasteiger partial charge in [-0.05, 0) is 46.6 Å². The molecule has 0 unspecified atom stereocenters. The zero-order chi connectivity index (χ0) is 12.3. The van der Waals surface area contributed by atoms with E-state index in [4.69, 9.17) is 0 Å². The van der Waals surface area contributed by atoms with Crippen molar-refractivity contribution in [3.05, 3.63) is 50.4 Å². The van der Waals surface area contributed by atoms with E-state index in [1.807, 2.05) is 24.3 Å². The Bertz CT molecular complexity index is 518. The number of ketones is 1. The van der Waals surface area contributed by atoms with E-state index < -0.39 is 0 Å². The maximum absolute atomic E-state index is 12.0. The van der Waals surface area contributed by atoms with E-state index in [0.29, 0.717) is 6.42 Å². The third-order valence-corrected chi connectivity index (χ3v) is 4.15. The lowest BCUT2D eigenvalue weighted by atomic mass is 10.2. The van der Waals surface area contributed by atoms with Gasteiger partial charge >= 0.3 is 0 Å².